The molecular weight excluding hydrogens is 262 g/mol. The number of nitrogens with two attached hydrogens (primary N) is 1. The highest BCUT2D eigenvalue weighted by molar-refractivity contribution is 5.78. The lowest BCUT2D eigenvalue weighted by Gasteiger charge is -2.22. The van der Waals surface area contributed by atoms with Crippen molar-refractivity contribution in [3.05, 3.63) is 66.0 Å². The summed E-state index contributed by atoms with van der Waals surface area (Å²) in [7, 11) is 0. The van der Waals surface area contributed by atoms with Gasteiger partial charge >= 0.3 is 0 Å². The molecule has 0 spiro atoms. The molecule has 2 N–H and O–H groups in total. The van der Waals surface area contributed by atoms with Crippen LogP contribution in [0.4, 0.5) is 0 Å². The van der Waals surface area contributed by atoms with Crippen LogP contribution in [0.5, 0.6) is 0 Å². The quantitative estimate of drug-likeness (QED) is 0.845. The lowest BCUT2D eigenvalue weighted by atomic mass is 10.2. The number of rotatable bonds is 7. The van der Waals surface area contributed by atoms with Crippen LogP contribution in [0.25, 0.3) is 0 Å². The van der Waals surface area contributed by atoms with Crippen LogP contribution in [-0.2, 0) is 17.8 Å². The van der Waals surface area contributed by atoms with Crippen LogP contribution in [0.15, 0.2) is 54.7 Å². The van der Waals surface area contributed by atoms with Crippen LogP contribution in [0.1, 0.15) is 17.7 Å². The molecule has 0 aliphatic heterocycles. The van der Waals surface area contributed by atoms with Crippen molar-refractivity contribution in [2.24, 2.45) is 5.73 Å². The smallest absolute Gasteiger partial charge is 0.228 e. The lowest BCUT2D eigenvalue weighted by Crippen LogP contribution is -2.33. The standard InChI is InChI=1S/C17H21N3O/c18-10-6-12-20(14-15-7-2-1-3-8-15)17(21)13-16-9-4-5-11-19-16/h1-5,7-9,11H,6,10,12-14,18H2. The van der Waals surface area contributed by atoms with E-state index in [1.165, 1.54) is 0 Å². The molecule has 1 heterocycles. The number of amides is 1. The molecule has 0 bridgehead atoms. The van der Waals surface area contributed by atoms with Crippen molar-refractivity contribution in [2.45, 2.75) is 19.4 Å². The summed E-state index contributed by atoms with van der Waals surface area (Å²) in [4.78, 5) is 18.5. The minimum atomic E-state index is 0.0889. The minimum absolute atomic E-state index is 0.0889. The van der Waals surface area contributed by atoms with E-state index in [0.29, 0.717) is 26.1 Å². The fourth-order valence-corrected chi connectivity index (χ4v) is 2.15. The van der Waals surface area contributed by atoms with E-state index in [4.69, 9.17) is 5.73 Å². The SMILES string of the molecule is NCCCN(Cc1ccccc1)C(=O)Cc1ccccn1. The Bertz CT molecular complexity index is 542. The van der Waals surface area contributed by atoms with Crippen molar-refractivity contribution in [1.82, 2.24) is 9.88 Å². The number of hydrogen-bond donors (Lipinski definition) is 1. The zero-order valence-electron chi connectivity index (χ0n) is 12.1. The molecule has 4 nitrogen and oxygen atoms in total. The number of carbonyl (C=O) groups excluding carboxylic acids is 1. The third-order valence-corrected chi connectivity index (χ3v) is 3.26. The molecular formula is C17H21N3O. The summed E-state index contributed by atoms with van der Waals surface area (Å²) in [5.74, 6) is 0.0889. The van der Waals surface area contributed by atoms with Crippen molar-refractivity contribution >= 4 is 5.91 Å². The molecule has 0 fully saturated rings. The molecule has 2 rings (SSSR count). The highest BCUT2D eigenvalue weighted by Crippen LogP contribution is 2.08. The van der Waals surface area contributed by atoms with Crippen molar-refractivity contribution in [1.29, 1.82) is 0 Å². The molecule has 2 aromatic rings. The summed E-state index contributed by atoms with van der Waals surface area (Å²) < 4.78 is 0. The molecule has 110 valence electrons. The van der Waals surface area contributed by atoms with E-state index < -0.39 is 0 Å². The highest BCUT2D eigenvalue weighted by atomic mass is 16.2. The Morgan fingerprint density at radius 2 is 1.86 bits per heavy atom. The van der Waals surface area contributed by atoms with E-state index in [1.807, 2.05) is 53.4 Å². The molecule has 21 heavy (non-hydrogen) atoms. The Kier molecular flexibility index (Phi) is 5.91. The van der Waals surface area contributed by atoms with Gasteiger partial charge in [-0.25, -0.2) is 0 Å². The summed E-state index contributed by atoms with van der Waals surface area (Å²) in [6.07, 6.45) is 2.85. The van der Waals surface area contributed by atoms with Crippen LogP contribution in [0, 0.1) is 0 Å². The van der Waals surface area contributed by atoms with Gasteiger partial charge in [0.1, 0.15) is 0 Å². The maximum Gasteiger partial charge on any atom is 0.228 e. The van der Waals surface area contributed by atoms with Crippen LogP contribution in [0.3, 0.4) is 0 Å². The van der Waals surface area contributed by atoms with Crippen molar-refractivity contribution < 1.29 is 4.79 Å². The van der Waals surface area contributed by atoms with Crippen LogP contribution in [-0.4, -0.2) is 28.9 Å². The number of pyridine rings is 1. The van der Waals surface area contributed by atoms with E-state index in [0.717, 1.165) is 17.7 Å². The van der Waals surface area contributed by atoms with E-state index in [2.05, 4.69) is 4.98 Å². The fraction of sp³-hybridized carbons (Fsp3) is 0.294. The number of nitrogens with zero attached hydrogens (tertiary/aromatic N) is 2. The maximum atomic E-state index is 12.5. The predicted octanol–water partition coefficient (Wildman–Crippen LogP) is 2.00. The number of benzene rings is 1. The second kappa shape index (κ2) is 8.17. The van der Waals surface area contributed by atoms with Gasteiger partial charge in [0.05, 0.1) is 6.42 Å². The zero-order valence-corrected chi connectivity index (χ0v) is 12.1. The summed E-state index contributed by atoms with van der Waals surface area (Å²) in [5.41, 5.74) is 7.50. The summed E-state index contributed by atoms with van der Waals surface area (Å²) >= 11 is 0. The average molecular weight is 283 g/mol. The molecule has 0 radical (unpaired) electrons. The predicted molar refractivity (Wildman–Crippen MR) is 83.5 cm³/mol. The van der Waals surface area contributed by atoms with Gasteiger partial charge in [0.2, 0.25) is 5.91 Å². The second-order valence-corrected chi connectivity index (χ2v) is 4.94. The Labute approximate surface area is 125 Å². The van der Waals surface area contributed by atoms with Crippen molar-refractivity contribution in [3.63, 3.8) is 0 Å². The molecule has 1 aromatic carbocycles. The van der Waals surface area contributed by atoms with E-state index in [-0.39, 0.29) is 5.91 Å². The molecule has 1 aromatic heterocycles. The molecule has 0 saturated heterocycles. The van der Waals surface area contributed by atoms with Gasteiger partial charge in [0.15, 0.2) is 0 Å². The van der Waals surface area contributed by atoms with Gasteiger partial charge in [-0.05, 0) is 30.7 Å². The topological polar surface area (TPSA) is 59.2 Å². The Morgan fingerprint density at radius 3 is 2.52 bits per heavy atom. The normalized spacial score (nSPS) is 10.3. The highest BCUT2D eigenvalue weighted by Gasteiger charge is 2.14. The minimum Gasteiger partial charge on any atom is -0.338 e. The second-order valence-electron chi connectivity index (χ2n) is 4.94. The molecule has 0 aliphatic carbocycles. The van der Waals surface area contributed by atoms with Crippen LogP contribution in [0.2, 0.25) is 0 Å². The Morgan fingerprint density at radius 1 is 1.10 bits per heavy atom. The Balaban J connectivity index is 2.02. The molecule has 0 atom stereocenters. The molecule has 4 heteroatoms. The van der Waals surface area contributed by atoms with Gasteiger partial charge in [-0.1, -0.05) is 36.4 Å². The lowest BCUT2D eigenvalue weighted by molar-refractivity contribution is -0.131. The monoisotopic (exact) mass is 283 g/mol. The van der Waals surface area contributed by atoms with Gasteiger partial charge in [-0.15, -0.1) is 0 Å². The number of hydrogen-bond acceptors (Lipinski definition) is 3. The molecule has 1 amide bonds. The first kappa shape index (κ1) is 15.2. The first-order valence-corrected chi connectivity index (χ1v) is 7.21. The van der Waals surface area contributed by atoms with E-state index in [1.54, 1.807) is 6.20 Å². The van der Waals surface area contributed by atoms with Gasteiger partial charge < -0.3 is 10.6 Å². The summed E-state index contributed by atoms with van der Waals surface area (Å²) in [6.45, 7) is 1.88. The summed E-state index contributed by atoms with van der Waals surface area (Å²) in [6, 6.07) is 15.6. The number of carbonyl (C=O) groups is 1. The van der Waals surface area contributed by atoms with Gasteiger partial charge in [0, 0.05) is 25.0 Å². The fourth-order valence-electron chi connectivity index (χ4n) is 2.15. The van der Waals surface area contributed by atoms with Crippen molar-refractivity contribution in [2.75, 3.05) is 13.1 Å². The molecule has 0 unspecified atom stereocenters. The van der Waals surface area contributed by atoms with E-state index in [9.17, 15) is 4.79 Å². The third kappa shape index (κ3) is 5.00. The first-order valence-electron chi connectivity index (χ1n) is 7.21. The molecule has 0 aliphatic rings. The largest absolute Gasteiger partial charge is 0.338 e. The van der Waals surface area contributed by atoms with E-state index >= 15 is 0 Å². The number of aromatic nitrogens is 1. The molecule has 0 saturated carbocycles. The van der Waals surface area contributed by atoms with Crippen LogP contribution >= 0.6 is 0 Å². The summed E-state index contributed by atoms with van der Waals surface area (Å²) in [5, 5.41) is 0. The maximum absolute atomic E-state index is 12.5. The third-order valence-electron chi connectivity index (χ3n) is 3.26. The van der Waals surface area contributed by atoms with Crippen molar-refractivity contribution in [3.8, 4) is 0 Å². The average Bonchev–Trinajstić information content (AvgIpc) is 2.53. The zero-order chi connectivity index (χ0) is 14.9. The van der Waals surface area contributed by atoms with Gasteiger partial charge in [0.25, 0.3) is 0 Å². The van der Waals surface area contributed by atoms with Gasteiger partial charge in [-0.2, -0.15) is 0 Å². The Hall–Kier alpha value is -2.20. The van der Waals surface area contributed by atoms with Crippen LogP contribution < -0.4 is 5.73 Å². The first-order chi connectivity index (χ1) is 10.3. The van der Waals surface area contributed by atoms with Gasteiger partial charge in [-0.3, -0.25) is 9.78 Å².